The van der Waals surface area contributed by atoms with Crippen molar-refractivity contribution in [2.75, 3.05) is 55.2 Å². The smallest absolute Gasteiger partial charge is 0.136 e. The first-order valence-electron chi connectivity index (χ1n) is 13.2. The van der Waals surface area contributed by atoms with E-state index in [2.05, 4.69) is 11.8 Å². The molecule has 0 unspecified atom stereocenters. The van der Waals surface area contributed by atoms with Crippen molar-refractivity contribution < 1.29 is 39.0 Å². The minimum Gasteiger partial charge on any atom is -0.389 e. The minimum absolute atomic E-state index is 0.0920. The average molecular weight is 498 g/mol. The van der Waals surface area contributed by atoms with Crippen LogP contribution in [0.2, 0.25) is 0 Å². The molecule has 6 rings (SSSR count). The van der Waals surface area contributed by atoms with Gasteiger partial charge in [-0.3, -0.25) is 4.90 Å². The molecule has 9 heteroatoms. The topological polar surface area (TPSA) is 110 Å². The first kappa shape index (κ1) is 24.9. The van der Waals surface area contributed by atoms with Gasteiger partial charge in [0.1, 0.15) is 11.2 Å². The molecule has 5 saturated carbocycles. The molecule has 1 spiro atoms. The fourth-order valence-electron chi connectivity index (χ4n) is 11.3. The molecule has 0 radical (unpaired) electrons. The molecule has 1 saturated heterocycles. The van der Waals surface area contributed by atoms with Crippen LogP contribution in [0.5, 0.6) is 0 Å². The third-order valence-electron chi connectivity index (χ3n) is 11.8. The van der Waals surface area contributed by atoms with Crippen LogP contribution in [0.25, 0.3) is 0 Å². The van der Waals surface area contributed by atoms with E-state index in [0.29, 0.717) is 26.1 Å². The van der Waals surface area contributed by atoms with Crippen molar-refractivity contribution in [2.24, 2.45) is 28.6 Å². The van der Waals surface area contributed by atoms with Crippen molar-refractivity contribution in [3.63, 3.8) is 0 Å². The predicted molar refractivity (Wildman–Crippen MR) is 125 cm³/mol. The summed E-state index contributed by atoms with van der Waals surface area (Å²) < 4.78 is 30.3. The largest absolute Gasteiger partial charge is 0.389 e. The fraction of sp³-hybridized carbons (Fsp3) is 1.00. The van der Waals surface area contributed by atoms with Gasteiger partial charge < -0.3 is 39.0 Å². The zero-order valence-corrected chi connectivity index (χ0v) is 21.9. The van der Waals surface area contributed by atoms with Crippen LogP contribution in [-0.4, -0.2) is 123 Å². The summed E-state index contributed by atoms with van der Waals surface area (Å²) in [6.45, 7) is 3.96. The Morgan fingerprint density at radius 3 is 2.20 bits per heavy atom. The van der Waals surface area contributed by atoms with Gasteiger partial charge in [0, 0.05) is 71.7 Å². The standard InChI is InChI=1S/C26H43NO8/c1-7-27-12-22(13-31-2)9-8-16(33-4)25-19(22)20(35-6)26(30,21(25)27)24(29)11-15(32-3)14-10-23(25,28)18(24)17(14)34-5/h14-21,28-30H,7-13H2,1-6H3/t14-,15+,16+,17+,18+,19-,20+,21+,22+,23+,24-,25-,26+/m1/s1. The number of likely N-dealkylation sites (N-methyl/N-ethyl adjacent to an activating group) is 1. The van der Waals surface area contributed by atoms with Crippen LogP contribution in [0.15, 0.2) is 0 Å². The number of hydrogen-bond donors (Lipinski definition) is 3. The van der Waals surface area contributed by atoms with Crippen LogP contribution in [0.1, 0.15) is 32.6 Å². The van der Waals surface area contributed by atoms with E-state index >= 15 is 0 Å². The number of hydrogen-bond acceptors (Lipinski definition) is 9. The lowest BCUT2D eigenvalue weighted by Gasteiger charge is -2.72. The van der Waals surface area contributed by atoms with Gasteiger partial charge in [-0.2, -0.15) is 0 Å². The number of ether oxygens (including phenoxy) is 5. The molecule has 6 fully saturated rings. The van der Waals surface area contributed by atoms with Gasteiger partial charge in [-0.05, 0) is 25.8 Å². The van der Waals surface area contributed by atoms with Gasteiger partial charge in [0.25, 0.3) is 0 Å². The molecule has 35 heavy (non-hydrogen) atoms. The zero-order chi connectivity index (χ0) is 25.2. The Hall–Kier alpha value is -0.360. The van der Waals surface area contributed by atoms with Crippen molar-refractivity contribution in [3.8, 4) is 0 Å². The molecule has 0 amide bonds. The Morgan fingerprint density at radius 2 is 1.63 bits per heavy atom. The fourth-order valence-corrected chi connectivity index (χ4v) is 11.3. The van der Waals surface area contributed by atoms with Gasteiger partial charge in [-0.25, -0.2) is 0 Å². The monoisotopic (exact) mass is 497 g/mol. The van der Waals surface area contributed by atoms with E-state index in [9.17, 15) is 15.3 Å². The molecule has 7 bridgehead atoms. The number of methoxy groups -OCH3 is 5. The van der Waals surface area contributed by atoms with Gasteiger partial charge in [0.05, 0.1) is 48.1 Å². The number of rotatable bonds is 7. The lowest BCUT2D eigenvalue weighted by molar-refractivity contribution is -0.358. The van der Waals surface area contributed by atoms with Crippen molar-refractivity contribution >= 4 is 0 Å². The summed E-state index contributed by atoms with van der Waals surface area (Å²) in [6.07, 6.45) is 0.424. The van der Waals surface area contributed by atoms with Crippen LogP contribution >= 0.6 is 0 Å². The number of fused-ring (bicyclic) bond motifs is 2. The Morgan fingerprint density at radius 1 is 0.886 bits per heavy atom. The molecule has 6 aliphatic rings. The van der Waals surface area contributed by atoms with E-state index in [0.717, 1.165) is 12.8 Å². The highest BCUT2D eigenvalue weighted by Gasteiger charge is 2.95. The van der Waals surface area contributed by atoms with E-state index in [4.69, 9.17) is 23.7 Å². The van der Waals surface area contributed by atoms with Gasteiger partial charge >= 0.3 is 0 Å². The minimum atomic E-state index is -1.67. The molecule has 0 aromatic rings. The summed E-state index contributed by atoms with van der Waals surface area (Å²) in [4.78, 5) is 2.28. The highest BCUT2D eigenvalue weighted by atomic mass is 16.5. The Kier molecular flexibility index (Phi) is 5.42. The molecule has 0 aromatic heterocycles. The van der Waals surface area contributed by atoms with Gasteiger partial charge in [-0.1, -0.05) is 6.92 Å². The molecule has 5 aliphatic carbocycles. The van der Waals surface area contributed by atoms with E-state index in [1.165, 1.54) is 0 Å². The number of piperidine rings is 1. The van der Waals surface area contributed by atoms with Gasteiger partial charge in [0.15, 0.2) is 0 Å². The maximum Gasteiger partial charge on any atom is 0.136 e. The van der Waals surface area contributed by atoms with Crippen LogP contribution in [0.3, 0.4) is 0 Å². The highest BCUT2D eigenvalue weighted by Crippen LogP contribution is 2.81. The molecule has 1 aliphatic heterocycles. The Labute approximate surface area is 208 Å². The zero-order valence-electron chi connectivity index (χ0n) is 21.9. The molecular formula is C26H43NO8. The van der Waals surface area contributed by atoms with Crippen LogP contribution in [0, 0.1) is 28.6 Å². The lowest BCUT2D eigenvalue weighted by Crippen LogP contribution is -2.86. The molecular weight excluding hydrogens is 454 g/mol. The summed E-state index contributed by atoms with van der Waals surface area (Å²) in [5, 5.41) is 39.1. The van der Waals surface area contributed by atoms with E-state index in [1.807, 2.05) is 0 Å². The van der Waals surface area contributed by atoms with Crippen LogP contribution < -0.4 is 0 Å². The second-order valence-electron chi connectivity index (χ2n) is 12.3. The molecule has 0 aromatic carbocycles. The Bertz CT molecular complexity index is 876. The third-order valence-corrected chi connectivity index (χ3v) is 11.8. The highest BCUT2D eigenvalue weighted by molar-refractivity contribution is 5.45. The van der Waals surface area contributed by atoms with Gasteiger partial charge in [0.2, 0.25) is 0 Å². The summed E-state index contributed by atoms with van der Waals surface area (Å²) in [7, 11) is 8.33. The number of likely N-dealkylation sites (tertiary alicyclic amines) is 1. The third kappa shape index (κ3) is 2.31. The summed E-state index contributed by atoms with van der Waals surface area (Å²) in [6, 6.07) is -0.539. The first-order chi connectivity index (χ1) is 16.7. The maximum atomic E-state index is 13.2. The van der Waals surface area contributed by atoms with Crippen molar-refractivity contribution in [3.05, 3.63) is 0 Å². The second kappa shape index (κ2) is 7.61. The number of aliphatic hydroxyl groups is 3. The second-order valence-corrected chi connectivity index (χ2v) is 12.3. The Balaban J connectivity index is 1.72. The summed E-state index contributed by atoms with van der Waals surface area (Å²) in [5.41, 5.74) is -5.89. The molecule has 1 heterocycles. The van der Waals surface area contributed by atoms with Crippen molar-refractivity contribution in [2.45, 2.75) is 79.9 Å². The molecule has 13 atom stereocenters. The van der Waals surface area contributed by atoms with Crippen LogP contribution in [0.4, 0.5) is 0 Å². The first-order valence-corrected chi connectivity index (χ1v) is 13.2. The van der Waals surface area contributed by atoms with Gasteiger partial charge in [-0.15, -0.1) is 0 Å². The lowest BCUT2D eigenvalue weighted by atomic mass is 9.41. The van der Waals surface area contributed by atoms with Crippen LogP contribution in [-0.2, 0) is 23.7 Å². The molecule has 200 valence electrons. The molecule has 9 nitrogen and oxygen atoms in total. The van der Waals surface area contributed by atoms with Crippen molar-refractivity contribution in [1.29, 1.82) is 0 Å². The van der Waals surface area contributed by atoms with E-state index in [-0.39, 0.29) is 35.9 Å². The maximum absolute atomic E-state index is 13.2. The number of nitrogens with zero attached hydrogens (tertiary/aromatic N) is 1. The predicted octanol–water partition coefficient (Wildman–Crippen LogP) is 0.0400. The quantitative estimate of drug-likeness (QED) is 0.449. The SMILES string of the molecule is CCN1C[C@]2(COC)CC[C@H](OC)[C@@]34[C@@H]2[C@H](OC)[C@](O)([C@@H]13)[C@@]1(O)C[C@H](OC)[C@H]2C[C@]4(O)[C@@H]1[C@H]2OC. The average Bonchev–Trinajstić information content (AvgIpc) is 3.21. The van der Waals surface area contributed by atoms with E-state index < -0.39 is 46.4 Å². The molecule has 3 N–H and O–H groups in total. The normalized spacial score (nSPS) is 60.3. The van der Waals surface area contributed by atoms with Crippen molar-refractivity contribution in [1.82, 2.24) is 4.90 Å². The van der Waals surface area contributed by atoms with E-state index in [1.54, 1.807) is 35.5 Å². The summed E-state index contributed by atoms with van der Waals surface area (Å²) in [5.74, 6) is -1.04. The summed E-state index contributed by atoms with van der Waals surface area (Å²) >= 11 is 0.